The van der Waals surface area contributed by atoms with Crippen molar-refractivity contribution in [2.75, 3.05) is 19.0 Å². The van der Waals surface area contributed by atoms with Gasteiger partial charge in [-0.2, -0.15) is 0 Å². The maximum atomic E-state index is 12.5. The second-order valence-corrected chi connectivity index (χ2v) is 6.54. The molecule has 3 aromatic rings. The highest BCUT2D eigenvalue weighted by Crippen LogP contribution is 2.16. The van der Waals surface area contributed by atoms with E-state index in [9.17, 15) is 14.4 Å². The Morgan fingerprint density at radius 3 is 2.39 bits per heavy atom. The minimum Gasteiger partial charge on any atom is -0.489 e. The summed E-state index contributed by atoms with van der Waals surface area (Å²) in [4.78, 5) is 36.4. The van der Waals surface area contributed by atoms with Gasteiger partial charge in [0.15, 0.2) is 6.61 Å². The lowest BCUT2D eigenvalue weighted by Crippen LogP contribution is -2.22. The number of carbonyl (C=O) groups excluding carboxylic acids is 3. The van der Waals surface area contributed by atoms with Crippen molar-refractivity contribution >= 4 is 23.5 Å². The van der Waals surface area contributed by atoms with Gasteiger partial charge in [-0.25, -0.2) is 4.79 Å². The Morgan fingerprint density at radius 1 is 0.871 bits per heavy atom. The van der Waals surface area contributed by atoms with Crippen molar-refractivity contribution in [1.29, 1.82) is 0 Å². The van der Waals surface area contributed by atoms with Gasteiger partial charge in [0.1, 0.15) is 12.4 Å². The zero-order chi connectivity index (χ0) is 22.1. The number of amides is 2. The van der Waals surface area contributed by atoms with E-state index in [1.54, 1.807) is 42.5 Å². The van der Waals surface area contributed by atoms with Crippen LogP contribution >= 0.6 is 0 Å². The van der Waals surface area contributed by atoms with Crippen LogP contribution in [0, 0.1) is 0 Å². The summed E-state index contributed by atoms with van der Waals surface area (Å²) in [5.74, 6) is -0.720. The van der Waals surface area contributed by atoms with Crippen molar-refractivity contribution < 1.29 is 23.9 Å². The number of ether oxygens (including phenoxy) is 2. The number of hydrogen-bond donors (Lipinski definition) is 2. The molecule has 3 aromatic carbocycles. The SMILES string of the molecule is CNC(=O)c1cccc(NC(=O)COC(=O)c2ccccc2COc2ccccc2)c1. The van der Waals surface area contributed by atoms with Crippen molar-refractivity contribution in [3.8, 4) is 5.75 Å². The number of benzene rings is 3. The Hall–Kier alpha value is -4.13. The lowest BCUT2D eigenvalue weighted by molar-refractivity contribution is -0.119. The first-order valence-electron chi connectivity index (χ1n) is 9.61. The zero-order valence-corrected chi connectivity index (χ0v) is 17.0. The molecule has 0 spiro atoms. The fraction of sp³-hybridized carbons (Fsp3) is 0.125. The first kappa shape index (κ1) is 21.6. The zero-order valence-electron chi connectivity index (χ0n) is 17.0. The van der Waals surface area contributed by atoms with E-state index >= 15 is 0 Å². The molecule has 0 aromatic heterocycles. The lowest BCUT2D eigenvalue weighted by Gasteiger charge is -2.11. The fourth-order valence-electron chi connectivity index (χ4n) is 2.81. The van der Waals surface area contributed by atoms with Gasteiger partial charge in [-0.05, 0) is 36.4 Å². The van der Waals surface area contributed by atoms with E-state index in [2.05, 4.69) is 10.6 Å². The number of hydrogen-bond acceptors (Lipinski definition) is 5. The largest absolute Gasteiger partial charge is 0.489 e. The summed E-state index contributed by atoms with van der Waals surface area (Å²) in [6.07, 6.45) is 0. The standard InChI is InChI=1S/C24H22N2O5/c1-25-23(28)17-9-7-10-19(14-17)26-22(27)16-31-24(29)21-13-6-5-8-18(21)15-30-20-11-3-2-4-12-20/h2-14H,15-16H2,1H3,(H,25,28)(H,26,27). The summed E-state index contributed by atoms with van der Waals surface area (Å²) in [5, 5.41) is 5.12. The highest BCUT2D eigenvalue weighted by atomic mass is 16.5. The van der Waals surface area contributed by atoms with E-state index in [1.165, 1.54) is 13.1 Å². The molecule has 0 unspecified atom stereocenters. The number of anilines is 1. The van der Waals surface area contributed by atoms with Crippen LogP contribution < -0.4 is 15.4 Å². The molecule has 0 atom stereocenters. The number of carbonyl (C=O) groups is 3. The van der Waals surface area contributed by atoms with Crippen molar-refractivity contribution in [1.82, 2.24) is 5.32 Å². The first-order valence-corrected chi connectivity index (χ1v) is 9.61. The van der Waals surface area contributed by atoms with E-state index < -0.39 is 18.5 Å². The van der Waals surface area contributed by atoms with E-state index in [1.807, 2.05) is 30.3 Å². The molecule has 3 rings (SSSR count). The third-order valence-corrected chi connectivity index (χ3v) is 4.34. The Morgan fingerprint density at radius 2 is 1.61 bits per heavy atom. The third-order valence-electron chi connectivity index (χ3n) is 4.34. The lowest BCUT2D eigenvalue weighted by atomic mass is 10.1. The summed E-state index contributed by atoms with van der Waals surface area (Å²) in [6, 6.07) is 22.6. The van der Waals surface area contributed by atoms with Crippen LogP contribution in [0.4, 0.5) is 5.69 Å². The van der Waals surface area contributed by atoms with Crippen LogP contribution in [-0.2, 0) is 16.1 Å². The summed E-state index contributed by atoms with van der Waals surface area (Å²) in [6.45, 7) is -0.273. The summed E-state index contributed by atoms with van der Waals surface area (Å²) < 4.78 is 10.9. The molecular formula is C24H22N2O5. The minimum absolute atomic E-state index is 0.188. The summed E-state index contributed by atoms with van der Waals surface area (Å²) in [5.41, 5.74) is 1.81. The van der Waals surface area contributed by atoms with Gasteiger partial charge in [0.05, 0.1) is 5.56 Å². The first-order chi connectivity index (χ1) is 15.1. The van der Waals surface area contributed by atoms with Gasteiger partial charge in [-0.1, -0.05) is 42.5 Å². The van der Waals surface area contributed by atoms with Crippen molar-refractivity contribution in [2.24, 2.45) is 0 Å². The van der Waals surface area contributed by atoms with Crippen LogP contribution in [0.25, 0.3) is 0 Å². The molecule has 31 heavy (non-hydrogen) atoms. The fourth-order valence-corrected chi connectivity index (χ4v) is 2.81. The summed E-state index contributed by atoms with van der Waals surface area (Å²) >= 11 is 0. The molecule has 0 saturated heterocycles. The molecule has 0 heterocycles. The van der Waals surface area contributed by atoms with Crippen LogP contribution in [0.15, 0.2) is 78.9 Å². The van der Waals surface area contributed by atoms with Crippen LogP contribution in [0.5, 0.6) is 5.75 Å². The van der Waals surface area contributed by atoms with Crippen LogP contribution in [0.2, 0.25) is 0 Å². The molecule has 0 aliphatic heterocycles. The molecule has 0 aliphatic rings. The molecule has 0 fully saturated rings. The molecule has 7 nitrogen and oxygen atoms in total. The summed E-state index contributed by atoms with van der Waals surface area (Å²) in [7, 11) is 1.52. The number of nitrogens with one attached hydrogen (secondary N) is 2. The van der Waals surface area contributed by atoms with E-state index in [0.29, 0.717) is 28.1 Å². The number of rotatable bonds is 8. The maximum Gasteiger partial charge on any atom is 0.339 e. The van der Waals surface area contributed by atoms with E-state index in [0.717, 1.165) is 0 Å². The Bertz CT molecular complexity index is 1070. The second kappa shape index (κ2) is 10.6. The molecule has 0 saturated carbocycles. The number of esters is 1. The van der Waals surface area contributed by atoms with Gasteiger partial charge >= 0.3 is 5.97 Å². The molecule has 0 bridgehead atoms. The Balaban J connectivity index is 1.57. The predicted octanol–water partition coefficient (Wildman–Crippen LogP) is 3.42. The molecule has 158 valence electrons. The molecule has 2 N–H and O–H groups in total. The van der Waals surface area contributed by atoms with Crippen LogP contribution in [0.3, 0.4) is 0 Å². The highest BCUT2D eigenvalue weighted by molar-refractivity contribution is 5.98. The highest BCUT2D eigenvalue weighted by Gasteiger charge is 2.15. The molecule has 7 heteroatoms. The minimum atomic E-state index is -0.624. The van der Waals surface area contributed by atoms with Crippen molar-refractivity contribution in [3.05, 3.63) is 95.6 Å². The smallest absolute Gasteiger partial charge is 0.339 e. The Kier molecular flexibility index (Phi) is 7.37. The van der Waals surface area contributed by atoms with Crippen molar-refractivity contribution in [3.63, 3.8) is 0 Å². The van der Waals surface area contributed by atoms with E-state index in [4.69, 9.17) is 9.47 Å². The monoisotopic (exact) mass is 418 g/mol. The van der Waals surface area contributed by atoms with Crippen molar-refractivity contribution in [2.45, 2.75) is 6.61 Å². The molecule has 0 aliphatic carbocycles. The second-order valence-electron chi connectivity index (χ2n) is 6.54. The predicted molar refractivity (Wildman–Crippen MR) is 116 cm³/mol. The third kappa shape index (κ3) is 6.17. The van der Waals surface area contributed by atoms with E-state index in [-0.39, 0.29) is 12.5 Å². The van der Waals surface area contributed by atoms with Crippen LogP contribution in [0.1, 0.15) is 26.3 Å². The average Bonchev–Trinajstić information content (AvgIpc) is 2.81. The molecular weight excluding hydrogens is 396 g/mol. The van der Waals surface area contributed by atoms with Gasteiger partial charge in [-0.15, -0.1) is 0 Å². The van der Waals surface area contributed by atoms with Gasteiger partial charge in [-0.3, -0.25) is 9.59 Å². The maximum absolute atomic E-state index is 12.5. The van der Waals surface area contributed by atoms with Gasteiger partial charge in [0, 0.05) is 23.9 Å². The normalized spacial score (nSPS) is 10.1. The van der Waals surface area contributed by atoms with Gasteiger partial charge < -0.3 is 20.1 Å². The van der Waals surface area contributed by atoms with Gasteiger partial charge in [0.25, 0.3) is 11.8 Å². The topological polar surface area (TPSA) is 93.7 Å². The molecule has 0 radical (unpaired) electrons. The van der Waals surface area contributed by atoms with Gasteiger partial charge in [0.2, 0.25) is 0 Å². The number of para-hydroxylation sites is 1. The molecule has 2 amide bonds. The average molecular weight is 418 g/mol. The Labute approximate surface area is 180 Å². The van der Waals surface area contributed by atoms with Crippen LogP contribution in [-0.4, -0.2) is 31.4 Å². The quantitative estimate of drug-likeness (QED) is 0.547.